The molecule has 21 heavy (non-hydrogen) atoms. The van der Waals surface area contributed by atoms with Crippen molar-refractivity contribution in [2.45, 2.75) is 18.1 Å². The number of carboxylic acid groups (broad SMARTS) is 1. The van der Waals surface area contributed by atoms with Gasteiger partial charge in [-0.3, -0.25) is 9.59 Å². The SMILES string of the molecule is COCCCNC(=O)CSC(Cc1ccccc1)C(=O)O. The summed E-state index contributed by atoms with van der Waals surface area (Å²) >= 11 is 1.15. The van der Waals surface area contributed by atoms with Crippen molar-refractivity contribution in [3.05, 3.63) is 35.9 Å². The molecule has 1 rings (SSSR count). The van der Waals surface area contributed by atoms with Gasteiger partial charge in [0.15, 0.2) is 0 Å². The predicted molar refractivity (Wildman–Crippen MR) is 83.5 cm³/mol. The van der Waals surface area contributed by atoms with E-state index in [1.807, 2.05) is 30.3 Å². The Bertz CT molecular complexity index is 439. The van der Waals surface area contributed by atoms with Crippen molar-refractivity contribution in [2.24, 2.45) is 0 Å². The minimum atomic E-state index is -0.893. The summed E-state index contributed by atoms with van der Waals surface area (Å²) in [6.45, 7) is 1.14. The van der Waals surface area contributed by atoms with Crippen LogP contribution in [0, 0.1) is 0 Å². The van der Waals surface area contributed by atoms with Crippen molar-refractivity contribution in [2.75, 3.05) is 26.0 Å². The van der Waals surface area contributed by atoms with Gasteiger partial charge in [-0.25, -0.2) is 0 Å². The van der Waals surface area contributed by atoms with E-state index in [2.05, 4.69) is 5.32 Å². The summed E-state index contributed by atoms with van der Waals surface area (Å²) in [5.41, 5.74) is 0.956. The molecule has 0 aromatic heterocycles. The maximum atomic E-state index is 11.6. The van der Waals surface area contributed by atoms with E-state index in [9.17, 15) is 14.7 Å². The summed E-state index contributed by atoms with van der Waals surface area (Å²) in [4.78, 5) is 22.9. The number of ether oxygens (including phenoxy) is 1. The van der Waals surface area contributed by atoms with Gasteiger partial charge in [0.25, 0.3) is 0 Å². The number of benzene rings is 1. The fraction of sp³-hybridized carbons (Fsp3) is 0.467. The highest BCUT2D eigenvalue weighted by Crippen LogP contribution is 2.16. The molecule has 0 saturated heterocycles. The molecular weight excluding hydrogens is 290 g/mol. The van der Waals surface area contributed by atoms with E-state index < -0.39 is 11.2 Å². The lowest BCUT2D eigenvalue weighted by molar-refractivity contribution is -0.136. The second kappa shape index (κ2) is 10.2. The molecule has 1 amide bonds. The monoisotopic (exact) mass is 311 g/mol. The lowest BCUT2D eigenvalue weighted by atomic mass is 10.1. The zero-order chi connectivity index (χ0) is 15.5. The van der Waals surface area contributed by atoms with Gasteiger partial charge in [0.1, 0.15) is 5.25 Å². The van der Waals surface area contributed by atoms with E-state index in [-0.39, 0.29) is 11.7 Å². The van der Waals surface area contributed by atoms with Crippen molar-refractivity contribution in [1.82, 2.24) is 5.32 Å². The van der Waals surface area contributed by atoms with E-state index in [1.165, 1.54) is 0 Å². The molecule has 1 aromatic carbocycles. The maximum absolute atomic E-state index is 11.6. The Morgan fingerprint density at radius 2 is 2.05 bits per heavy atom. The molecule has 6 heteroatoms. The third-order valence-corrected chi connectivity index (χ3v) is 4.00. The van der Waals surface area contributed by atoms with Crippen molar-refractivity contribution in [3.63, 3.8) is 0 Å². The standard InChI is InChI=1S/C15H21NO4S/c1-20-9-5-8-16-14(17)11-21-13(15(18)19)10-12-6-3-2-4-7-12/h2-4,6-7,13H,5,8-11H2,1H3,(H,16,17)(H,18,19). The van der Waals surface area contributed by atoms with E-state index in [0.29, 0.717) is 19.6 Å². The molecule has 1 aromatic rings. The number of thioether (sulfide) groups is 1. The molecule has 1 unspecified atom stereocenters. The highest BCUT2D eigenvalue weighted by Gasteiger charge is 2.19. The molecule has 116 valence electrons. The number of aliphatic carboxylic acids is 1. The predicted octanol–water partition coefficient (Wildman–Crippen LogP) is 1.57. The fourth-order valence-corrected chi connectivity index (χ4v) is 2.62. The van der Waals surface area contributed by atoms with Crippen LogP contribution in [0.3, 0.4) is 0 Å². The van der Waals surface area contributed by atoms with Crippen LogP contribution in [0.4, 0.5) is 0 Å². The van der Waals surface area contributed by atoms with Crippen LogP contribution in [0.1, 0.15) is 12.0 Å². The van der Waals surface area contributed by atoms with Gasteiger partial charge in [0.2, 0.25) is 5.91 Å². The van der Waals surface area contributed by atoms with Gasteiger partial charge in [-0.1, -0.05) is 30.3 Å². The minimum Gasteiger partial charge on any atom is -0.480 e. The largest absolute Gasteiger partial charge is 0.480 e. The zero-order valence-electron chi connectivity index (χ0n) is 12.1. The normalized spacial score (nSPS) is 11.9. The van der Waals surface area contributed by atoms with Crippen LogP contribution >= 0.6 is 11.8 Å². The summed E-state index contributed by atoms with van der Waals surface area (Å²) in [7, 11) is 1.61. The molecule has 0 aliphatic carbocycles. The van der Waals surface area contributed by atoms with Gasteiger partial charge < -0.3 is 15.2 Å². The smallest absolute Gasteiger partial charge is 0.316 e. The summed E-state index contributed by atoms with van der Waals surface area (Å²) in [5.74, 6) is -0.886. The molecule has 1 atom stereocenters. The Morgan fingerprint density at radius 1 is 1.33 bits per heavy atom. The number of amides is 1. The molecule has 0 heterocycles. The first-order chi connectivity index (χ1) is 10.1. The van der Waals surface area contributed by atoms with Crippen LogP contribution < -0.4 is 5.32 Å². The number of methoxy groups -OCH3 is 1. The van der Waals surface area contributed by atoms with Crippen LogP contribution in [-0.4, -0.2) is 48.2 Å². The summed E-state index contributed by atoms with van der Waals surface area (Å²) in [6, 6.07) is 9.42. The Labute approximate surface area is 129 Å². The van der Waals surface area contributed by atoms with E-state index in [0.717, 1.165) is 23.7 Å². The maximum Gasteiger partial charge on any atom is 0.316 e. The molecule has 0 fully saturated rings. The molecule has 0 spiro atoms. The van der Waals surface area contributed by atoms with E-state index >= 15 is 0 Å². The van der Waals surface area contributed by atoms with Crippen LogP contribution in [0.5, 0.6) is 0 Å². The number of nitrogens with one attached hydrogen (secondary N) is 1. The van der Waals surface area contributed by atoms with Crippen LogP contribution in [0.15, 0.2) is 30.3 Å². The molecule has 0 bridgehead atoms. The highest BCUT2D eigenvalue weighted by molar-refractivity contribution is 8.01. The number of hydrogen-bond donors (Lipinski definition) is 2. The third kappa shape index (κ3) is 7.72. The molecular formula is C15H21NO4S. The van der Waals surface area contributed by atoms with Crippen LogP contribution in [0.2, 0.25) is 0 Å². The molecule has 0 radical (unpaired) electrons. The fourth-order valence-electron chi connectivity index (χ4n) is 1.72. The number of rotatable bonds is 10. The molecule has 0 aliphatic heterocycles. The quantitative estimate of drug-likeness (QED) is 0.642. The Morgan fingerprint density at radius 3 is 2.67 bits per heavy atom. The lowest BCUT2D eigenvalue weighted by Gasteiger charge is -2.12. The van der Waals surface area contributed by atoms with Gasteiger partial charge in [0, 0.05) is 20.3 Å². The van der Waals surface area contributed by atoms with Crippen molar-refractivity contribution >= 4 is 23.6 Å². The van der Waals surface area contributed by atoms with Gasteiger partial charge in [-0.15, -0.1) is 11.8 Å². The first kappa shape index (κ1) is 17.5. The average Bonchev–Trinajstić information content (AvgIpc) is 2.48. The number of carbonyl (C=O) groups excluding carboxylic acids is 1. The highest BCUT2D eigenvalue weighted by atomic mass is 32.2. The van der Waals surface area contributed by atoms with Crippen molar-refractivity contribution < 1.29 is 19.4 Å². The van der Waals surface area contributed by atoms with Gasteiger partial charge in [-0.2, -0.15) is 0 Å². The first-order valence-corrected chi connectivity index (χ1v) is 7.82. The molecule has 0 aliphatic rings. The van der Waals surface area contributed by atoms with Crippen molar-refractivity contribution in [1.29, 1.82) is 0 Å². The van der Waals surface area contributed by atoms with Crippen LogP contribution in [-0.2, 0) is 20.7 Å². The average molecular weight is 311 g/mol. The Kier molecular flexibility index (Phi) is 8.54. The third-order valence-electron chi connectivity index (χ3n) is 2.80. The minimum absolute atomic E-state index is 0.143. The number of carboxylic acids is 1. The van der Waals surface area contributed by atoms with E-state index in [1.54, 1.807) is 7.11 Å². The second-order valence-electron chi connectivity index (χ2n) is 4.52. The number of carbonyl (C=O) groups is 2. The summed E-state index contributed by atoms with van der Waals surface area (Å²) in [6.07, 6.45) is 1.16. The Balaban J connectivity index is 2.34. The van der Waals surface area contributed by atoms with Gasteiger partial charge >= 0.3 is 5.97 Å². The topological polar surface area (TPSA) is 75.6 Å². The number of hydrogen-bond acceptors (Lipinski definition) is 4. The summed E-state index contributed by atoms with van der Waals surface area (Å²) in [5, 5.41) is 11.4. The zero-order valence-corrected chi connectivity index (χ0v) is 12.9. The van der Waals surface area contributed by atoms with Gasteiger partial charge in [-0.05, 0) is 18.4 Å². The molecule has 2 N–H and O–H groups in total. The van der Waals surface area contributed by atoms with Crippen LogP contribution in [0.25, 0.3) is 0 Å². The van der Waals surface area contributed by atoms with E-state index in [4.69, 9.17) is 4.74 Å². The van der Waals surface area contributed by atoms with Crippen molar-refractivity contribution in [3.8, 4) is 0 Å². The van der Waals surface area contributed by atoms with Gasteiger partial charge in [0.05, 0.1) is 5.75 Å². The second-order valence-corrected chi connectivity index (χ2v) is 5.71. The summed E-state index contributed by atoms with van der Waals surface area (Å²) < 4.78 is 4.89. The first-order valence-electron chi connectivity index (χ1n) is 6.77. The molecule has 5 nitrogen and oxygen atoms in total. The molecule has 0 saturated carbocycles. The lowest BCUT2D eigenvalue weighted by Crippen LogP contribution is -2.29. The Hall–Kier alpha value is -1.53.